The molecule has 2 aromatic rings. The summed E-state index contributed by atoms with van der Waals surface area (Å²) in [5, 5.41) is 4.73. The first kappa shape index (κ1) is 16.5. The molecule has 2 heterocycles. The van der Waals surface area contributed by atoms with Crippen LogP contribution in [0.5, 0.6) is 0 Å². The third kappa shape index (κ3) is 3.68. The average molecular weight is 319 g/mol. The van der Waals surface area contributed by atoms with E-state index in [0.29, 0.717) is 22.7 Å². The van der Waals surface area contributed by atoms with Crippen molar-refractivity contribution in [3.8, 4) is 0 Å². The summed E-state index contributed by atoms with van der Waals surface area (Å²) >= 11 is 1.64. The zero-order valence-corrected chi connectivity index (χ0v) is 14.6. The number of carbonyl (C=O) groups excluding carboxylic acids is 1. The molecule has 6 heteroatoms. The Morgan fingerprint density at radius 1 is 1.32 bits per heavy atom. The standard InChI is InChI=1S/C16H21N3O2S/c1-10-14(11(2)21-18-10)19(6)15(20)12-7-8-17-13(9-12)22-16(3,4)5/h7-9H,1-6H3. The van der Waals surface area contributed by atoms with Gasteiger partial charge in [0.2, 0.25) is 0 Å². The van der Waals surface area contributed by atoms with Crippen molar-refractivity contribution in [1.29, 1.82) is 0 Å². The highest BCUT2D eigenvalue weighted by Crippen LogP contribution is 2.31. The molecule has 0 aliphatic heterocycles. The van der Waals surface area contributed by atoms with Gasteiger partial charge in [-0.15, -0.1) is 11.8 Å². The fourth-order valence-corrected chi connectivity index (χ4v) is 3.09. The van der Waals surface area contributed by atoms with Crippen LogP contribution in [0.2, 0.25) is 0 Å². The summed E-state index contributed by atoms with van der Waals surface area (Å²) in [6.45, 7) is 9.97. The van der Waals surface area contributed by atoms with E-state index in [9.17, 15) is 4.79 Å². The molecule has 2 aromatic heterocycles. The van der Waals surface area contributed by atoms with Crippen molar-refractivity contribution in [3.05, 3.63) is 35.3 Å². The summed E-state index contributed by atoms with van der Waals surface area (Å²) in [6.07, 6.45) is 1.67. The molecule has 22 heavy (non-hydrogen) atoms. The first-order valence-electron chi connectivity index (χ1n) is 7.05. The van der Waals surface area contributed by atoms with Crippen LogP contribution in [0.15, 0.2) is 27.9 Å². The molecule has 0 unspecified atom stereocenters. The second-order valence-corrected chi connectivity index (χ2v) is 7.98. The van der Waals surface area contributed by atoms with Gasteiger partial charge in [0, 0.05) is 23.6 Å². The van der Waals surface area contributed by atoms with Gasteiger partial charge in [0.05, 0.1) is 5.03 Å². The summed E-state index contributed by atoms with van der Waals surface area (Å²) in [6, 6.07) is 3.55. The molecule has 0 bridgehead atoms. The number of carbonyl (C=O) groups is 1. The molecular weight excluding hydrogens is 298 g/mol. The summed E-state index contributed by atoms with van der Waals surface area (Å²) in [7, 11) is 1.73. The largest absolute Gasteiger partial charge is 0.359 e. The minimum absolute atomic E-state index is 0.0439. The Morgan fingerprint density at radius 3 is 2.55 bits per heavy atom. The first-order valence-corrected chi connectivity index (χ1v) is 7.86. The Balaban J connectivity index is 2.28. The smallest absolute Gasteiger partial charge is 0.258 e. The van der Waals surface area contributed by atoms with Crippen LogP contribution in [-0.4, -0.2) is 27.8 Å². The van der Waals surface area contributed by atoms with Gasteiger partial charge in [0.1, 0.15) is 11.4 Å². The molecule has 0 atom stereocenters. The van der Waals surface area contributed by atoms with Crippen LogP contribution >= 0.6 is 11.8 Å². The van der Waals surface area contributed by atoms with Crippen molar-refractivity contribution in [2.24, 2.45) is 0 Å². The molecule has 5 nitrogen and oxygen atoms in total. The summed E-state index contributed by atoms with van der Waals surface area (Å²) < 4.78 is 5.18. The second-order valence-electron chi connectivity index (χ2n) is 6.13. The highest BCUT2D eigenvalue weighted by atomic mass is 32.2. The molecule has 0 radical (unpaired) electrons. The molecule has 0 aromatic carbocycles. The number of aromatic nitrogens is 2. The summed E-state index contributed by atoms with van der Waals surface area (Å²) in [5.74, 6) is 0.527. The highest BCUT2D eigenvalue weighted by Gasteiger charge is 2.21. The van der Waals surface area contributed by atoms with Crippen LogP contribution < -0.4 is 4.90 Å². The molecule has 2 rings (SSSR count). The Morgan fingerprint density at radius 2 is 2.00 bits per heavy atom. The topological polar surface area (TPSA) is 59.2 Å². The first-order chi connectivity index (χ1) is 10.2. The lowest BCUT2D eigenvalue weighted by molar-refractivity contribution is 0.0992. The number of hydrogen-bond acceptors (Lipinski definition) is 5. The van der Waals surface area contributed by atoms with E-state index in [-0.39, 0.29) is 10.7 Å². The van der Waals surface area contributed by atoms with Crippen LogP contribution in [0.25, 0.3) is 0 Å². The highest BCUT2D eigenvalue weighted by molar-refractivity contribution is 8.00. The lowest BCUT2D eigenvalue weighted by Gasteiger charge is -2.19. The number of anilines is 1. The maximum atomic E-state index is 12.7. The van der Waals surface area contributed by atoms with E-state index >= 15 is 0 Å². The number of amides is 1. The monoisotopic (exact) mass is 319 g/mol. The van der Waals surface area contributed by atoms with E-state index in [4.69, 9.17) is 4.52 Å². The van der Waals surface area contributed by atoms with Crippen molar-refractivity contribution in [1.82, 2.24) is 10.1 Å². The van der Waals surface area contributed by atoms with Gasteiger partial charge in [-0.2, -0.15) is 0 Å². The number of thioether (sulfide) groups is 1. The van der Waals surface area contributed by atoms with Crippen molar-refractivity contribution in [3.63, 3.8) is 0 Å². The van der Waals surface area contributed by atoms with E-state index in [1.165, 1.54) is 0 Å². The fourth-order valence-electron chi connectivity index (χ4n) is 2.16. The molecule has 0 N–H and O–H groups in total. The predicted octanol–water partition coefficient (Wildman–Crippen LogP) is 3.85. The SMILES string of the molecule is Cc1noc(C)c1N(C)C(=O)c1ccnc(SC(C)(C)C)c1. The van der Waals surface area contributed by atoms with Crippen LogP contribution in [0.1, 0.15) is 42.6 Å². The number of aryl methyl sites for hydroxylation is 2. The van der Waals surface area contributed by atoms with Crippen LogP contribution in [0.3, 0.4) is 0 Å². The van der Waals surface area contributed by atoms with E-state index in [1.54, 1.807) is 42.9 Å². The summed E-state index contributed by atoms with van der Waals surface area (Å²) in [4.78, 5) is 18.6. The fraction of sp³-hybridized carbons (Fsp3) is 0.438. The molecule has 0 fully saturated rings. The van der Waals surface area contributed by atoms with Gasteiger partial charge in [0.25, 0.3) is 5.91 Å². The van der Waals surface area contributed by atoms with Gasteiger partial charge in [-0.05, 0) is 26.0 Å². The molecule has 0 aliphatic rings. The van der Waals surface area contributed by atoms with Gasteiger partial charge in [-0.1, -0.05) is 25.9 Å². The lowest BCUT2D eigenvalue weighted by atomic mass is 10.2. The Bertz CT molecular complexity index is 669. The Kier molecular flexibility index (Phi) is 4.60. The lowest BCUT2D eigenvalue weighted by Crippen LogP contribution is -2.27. The molecular formula is C16H21N3O2S. The van der Waals surface area contributed by atoms with Crippen LogP contribution in [-0.2, 0) is 0 Å². The molecule has 0 saturated heterocycles. The van der Waals surface area contributed by atoms with Crippen molar-refractivity contribution < 1.29 is 9.32 Å². The van der Waals surface area contributed by atoms with Gasteiger partial charge in [-0.25, -0.2) is 4.98 Å². The number of pyridine rings is 1. The van der Waals surface area contributed by atoms with Gasteiger partial charge >= 0.3 is 0 Å². The quantitative estimate of drug-likeness (QED) is 0.804. The van der Waals surface area contributed by atoms with E-state index in [1.807, 2.05) is 13.0 Å². The third-order valence-electron chi connectivity index (χ3n) is 3.03. The number of nitrogens with zero attached hydrogens (tertiary/aromatic N) is 3. The predicted molar refractivity (Wildman–Crippen MR) is 88.6 cm³/mol. The van der Waals surface area contributed by atoms with Crippen molar-refractivity contribution in [2.75, 3.05) is 11.9 Å². The van der Waals surface area contributed by atoms with E-state index in [2.05, 4.69) is 30.9 Å². The minimum Gasteiger partial charge on any atom is -0.359 e. The molecule has 0 saturated carbocycles. The third-order valence-corrected chi connectivity index (χ3v) is 4.07. The normalized spacial score (nSPS) is 11.5. The van der Waals surface area contributed by atoms with Gasteiger partial charge in [-0.3, -0.25) is 4.79 Å². The van der Waals surface area contributed by atoms with E-state index < -0.39 is 0 Å². The average Bonchev–Trinajstić information content (AvgIpc) is 2.75. The molecule has 118 valence electrons. The second kappa shape index (κ2) is 6.12. The number of hydrogen-bond donors (Lipinski definition) is 0. The summed E-state index contributed by atoms with van der Waals surface area (Å²) in [5.41, 5.74) is 2.02. The maximum absolute atomic E-state index is 12.7. The van der Waals surface area contributed by atoms with Crippen LogP contribution in [0, 0.1) is 13.8 Å². The molecule has 0 spiro atoms. The maximum Gasteiger partial charge on any atom is 0.258 e. The zero-order chi connectivity index (χ0) is 16.5. The van der Waals surface area contributed by atoms with Crippen molar-refractivity contribution >= 4 is 23.4 Å². The van der Waals surface area contributed by atoms with E-state index in [0.717, 1.165) is 5.03 Å². The van der Waals surface area contributed by atoms with Crippen molar-refractivity contribution in [2.45, 2.75) is 44.4 Å². The zero-order valence-electron chi connectivity index (χ0n) is 13.8. The van der Waals surface area contributed by atoms with Crippen LogP contribution in [0.4, 0.5) is 5.69 Å². The molecule has 0 aliphatic carbocycles. The minimum atomic E-state index is -0.104. The van der Waals surface area contributed by atoms with Gasteiger partial charge in [0.15, 0.2) is 5.76 Å². The molecule has 1 amide bonds. The Labute approximate surface area is 135 Å². The number of rotatable bonds is 3. The van der Waals surface area contributed by atoms with Gasteiger partial charge < -0.3 is 9.42 Å². The Hall–Kier alpha value is -1.82.